The first-order chi connectivity index (χ1) is 17.7. The van der Waals surface area contributed by atoms with E-state index in [1.807, 2.05) is 44.2 Å². The van der Waals surface area contributed by atoms with Crippen molar-refractivity contribution in [2.45, 2.75) is 84.7 Å². The zero-order chi connectivity index (χ0) is 27.0. The summed E-state index contributed by atoms with van der Waals surface area (Å²) in [7, 11) is 0. The lowest BCUT2D eigenvalue weighted by Crippen LogP contribution is -2.22. The minimum Gasteiger partial charge on any atom is -0.481 e. The van der Waals surface area contributed by atoms with Gasteiger partial charge in [-0.1, -0.05) is 93.6 Å². The first kappa shape index (κ1) is 28.4. The van der Waals surface area contributed by atoms with Crippen LogP contribution in [0.1, 0.15) is 85.8 Å². The zero-order valence-electron chi connectivity index (χ0n) is 23.1. The van der Waals surface area contributed by atoms with Gasteiger partial charge in [-0.15, -0.1) is 0 Å². The molecule has 0 radical (unpaired) electrons. The Bertz CT molecular complexity index is 1220. The molecule has 1 unspecified atom stereocenters. The number of carboxylic acid groups (broad SMARTS) is 1. The monoisotopic (exact) mass is 498 g/mol. The summed E-state index contributed by atoms with van der Waals surface area (Å²) in [5.41, 5.74) is 8.78. The molecule has 0 amide bonds. The Labute approximate surface area is 222 Å². The summed E-state index contributed by atoms with van der Waals surface area (Å²) in [6.07, 6.45) is 8.71. The number of benzene rings is 3. The first-order valence-corrected chi connectivity index (χ1v) is 13.6. The SMILES string of the molecule is CCC(CCc1ccc(/C=C/C(O)(CC)CC)c(C)c1)c1ccc(-c2ccc(CC(=O)O)cc2)c(C)c1. The van der Waals surface area contributed by atoms with Crippen molar-refractivity contribution in [3.8, 4) is 11.1 Å². The van der Waals surface area contributed by atoms with Crippen LogP contribution in [-0.2, 0) is 17.6 Å². The maximum absolute atomic E-state index is 11.0. The van der Waals surface area contributed by atoms with E-state index in [0.29, 0.717) is 5.92 Å². The van der Waals surface area contributed by atoms with Gasteiger partial charge in [-0.25, -0.2) is 0 Å². The highest BCUT2D eigenvalue weighted by Gasteiger charge is 2.17. The van der Waals surface area contributed by atoms with Crippen LogP contribution in [0, 0.1) is 13.8 Å². The van der Waals surface area contributed by atoms with Gasteiger partial charge in [0.05, 0.1) is 12.0 Å². The fraction of sp³-hybridized carbons (Fsp3) is 0.382. The van der Waals surface area contributed by atoms with Crippen molar-refractivity contribution in [2.75, 3.05) is 0 Å². The lowest BCUT2D eigenvalue weighted by atomic mass is 9.87. The van der Waals surface area contributed by atoms with Crippen LogP contribution >= 0.6 is 0 Å². The van der Waals surface area contributed by atoms with E-state index in [9.17, 15) is 9.90 Å². The van der Waals surface area contributed by atoms with Gasteiger partial charge >= 0.3 is 5.97 Å². The van der Waals surface area contributed by atoms with Gasteiger partial charge in [-0.05, 0) is 96.4 Å². The summed E-state index contributed by atoms with van der Waals surface area (Å²) in [4.78, 5) is 11.0. The molecule has 2 N–H and O–H groups in total. The molecule has 0 aromatic heterocycles. The number of carboxylic acids is 1. The molecule has 1 atom stereocenters. The number of aliphatic carboxylic acids is 1. The van der Waals surface area contributed by atoms with Crippen molar-refractivity contribution >= 4 is 12.0 Å². The minimum atomic E-state index is -0.807. The summed E-state index contributed by atoms with van der Waals surface area (Å²) < 4.78 is 0. The molecule has 0 bridgehead atoms. The summed E-state index contributed by atoms with van der Waals surface area (Å²) >= 11 is 0. The Morgan fingerprint density at radius 2 is 1.57 bits per heavy atom. The molecule has 3 aromatic carbocycles. The fourth-order valence-electron chi connectivity index (χ4n) is 5.00. The van der Waals surface area contributed by atoms with E-state index >= 15 is 0 Å². The number of rotatable bonds is 12. The van der Waals surface area contributed by atoms with Crippen LogP contribution in [0.25, 0.3) is 17.2 Å². The molecule has 3 aromatic rings. The Morgan fingerprint density at radius 3 is 2.14 bits per heavy atom. The summed E-state index contributed by atoms with van der Waals surface area (Å²) in [5, 5.41) is 19.6. The van der Waals surface area contributed by atoms with Crippen molar-refractivity contribution in [1.82, 2.24) is 0 Å². The lowest BCUT2D eigenvalue weighted by Gasteiger charge is -2.20. The third kappa shape index (κ3) is 7.66. The molecule has 196 valence electrons. The molecular weight excluding hydrogens is 456 g/mol. The van der Waals surface area contributed by atoms with Crippen molar-refractivity contribution in [3.05, 3.63) is 100 Å². The van der Waals surface area contributed by atoms with Crippen LogP contribution in [-0.4, -0.2) is 21.8 Å². The average molecular weight is 499 g/mol. The molecular formula is C34H42O3. The van der Waals surface area contributed by atoms with Crippen LogP contribution in [0.4, 0.5) is 0 Å². The molecule has 0 heterocycles. The maximum Gasteiger partial charge on any atom is 0.307 e. The van der Waals surface area contributed by atoms with Gasteiger partial charge in [0.2, 0.25) is 0 Å². The molecule has 0 aliphatic carbocycles. The molecule has 3 nitrogen and oxygen atoms in total. The van der Waals surface area contributed by atoms with Gasteiger partial charge in [0.25, 0.3) is 0 Å². The van der Waals surface area contributed by atoms with E-state index in [2.05, 4.69) is 63.2 Å². The fourth-order valence-corrected chi connectivity index (χ4v) is 5.00. The minimum absolute atomic E-state index is 0.0520. The molecule has 3 rings (SSSR count). The number of aliphatic hydroxyl groups is 1. The highest BCUT2D eigenvalue weighted by Crippen LogP contribution is 2.31. The number of hydrogen-bond donors (Lipinski definition) is 2. The second-order valence-electron chi connectivity index (χ2n) is 10.3. The molecule has 37 heavy (non-hydrogen) atoms. The zero-order valence-corrected chi connectivity index (χ0v) is 23.1. The molecule has 0 aliphatic rings. The molecule has 0 spiro atoms. The molecule has 0 saturated carbocycles. The van der Waals surface area contributed by atoms with Crippen LogP contribution in [0.3, 0.4) is 0 Å². The van der Waals surface area contributed by atoms with Crippen LogP contribution in [0.2, 0.25) is 0 Å². The standard InChI is InChI=1S/C34H42O3/c1-6-28(13-9-26-10-14-29(24(4)21-26)19-20-34(37,7-2)8-3)31-17-18-32(25(5)22-31)30-15-11-27(12-16-30)23-33(35)36/h10-12,14-22,28,37H,6-9,13,23H2,1-5H3,(H,35,36)/b20-19+. The predicted molar refractivity (Wildman–Crippen MR) is 155 cm³/mol. The summed E-state index contributed by atoms with van der Waals surface area (Å²) in [5.74, 6) is -0.312. The average Bonchev–Trinajstić information content (AvgIpc) is 2.88. The Kier molecular flexibility index (Phi) is 9.88. The van der Waals surface area contributed by atoms with E-state index in [1.165, 1.54) is 33.4 Å². The highest BCUT2D eigenvalue weighted by molar-refractivity contribution is 5.72. The van der Waals surface area contributed by atoms with E-state index in [-0.39, 0.29) is 6.42 Å². The van der Waals surface area contributed by atoms with Gasteiger partial charge in [0.1, 0.15) is 0 Å². The largest absolute Gasteiger partial charge is 0.481 e. The second kappa shape index (κ2) is 12.9. The Hall–Kier alpha value is -3.17. The van der Waals surface area contributed by atoms with Crippen LogP contribution < -0.4 is 0 Å². The third-order valence-electron chi connectivity index (χ3n) is 7.75. The normalized spacial score (nSPS) is 12.7. The van der Waals surface area contributed by atoms with E-state index in [1.54, 1.807) is 0 Å². The number of carbonyl (C=O) groups is 1. The van der Waals surface area contributed by atoms with Crippen LogP contribution in [0.5, 0.6) is 0 Å². The van der Waals surface area contributed by atoms with Gasteiger partial charge in [0.15, 0.2) is 0 Å². The lowest BCUT2D eigenvalue weighted by molar-refractivity contribution is -0.136. The molecule has 0 saturated heterocycles. The van der Waals surface area contributed by atoms with E-state index < -0.39 is 11.6 Å². The van der Waals surface area contributed by atoms with Gasteiger partial charge in [-0.2, -0.15) is 0 Å². The smallest absolute Gasteiger partial charge is 0.307 e. The third-order valence-corrected chi connectivity index (χ3v) is 7.75. The molecule has 0 fully saturated rings. The van der Waals surface area contributed by atoms with Gasteiger partial charge in [-0.3, -0.25) is 4.79 Å². The Balaban J connectivity index is 1.68. The topological polar surface area (TPSA) is 57.5 Å². The number of hydrogen-bond acceptors (Lipinski definition) is 2. The quantitative estimate of drug-likeness (QED) is 0.264. The molecule has 0 aliphatic heterocycles. The van der Waals surface area contributed by atoms with Crippen molar-refractivity contribution < 1.29 is 15.0 Å². The first-order valence-electron chi connectivity index (χ1n) is 13.6. The maximum atomic E-state index is 11.0. The van der Waals surface area contributed by atoms with Gasteiger partial charge in [0, 0.05) is 0 Å². The number of aryl methyl sites for hydroxylation is 3. The predicted octanol–water partition coefficient (Wildman–Crippen LogP) is 8.29. The summed E-state index contributed by atoms with van der Waals surface area (Å²) in [6, 6.07) is 21.3. The second-order valence-corrected chi connectivity index (χ2v) is 10.3. The Morgan fingerprint density at radius 1 is 0.892 bits per heavy atom. The van der Waals surface area contributed by atoms with Gasteiger partial charge < -0.3 is 10.2 Å². The molecule has 3 heteroatoms. The highest BCUT2D eigenvalue weighted by atomic mass is 16.4. The summed E-state index contributed by atoms with van der Waals surface area (Å²) in [6.45, 7) is 10.6. The van der Waals surface area contributed by atoms with E-state index in [0.717, 1.165) is 43.2 Å². The van der Waals surface area contributed by atoms with Crippen molar-refractivity contribution in [2.24, 2.45) is 0 Å². The van der Waals surface area contributed by atoms with Crippen LogP contribution in [0.15, 0.2) is 66.7 Å². The van der Waals surface area contributed by atoms with E-state index in [4.69, 9.17) is 5.11 Å². The van der Waals surface area contributed by atoms with Crippen molar-refractivity contribution in [3.63, 3.8) is 0 Å². The van der Waals surface area contributed by atoms with Crippen molar-refractivity contribution in [1.29, 1.82) is 0 Å².